The zero-order valence-corrected chi connectivity index (χ0v) is 26.1. The molecule has 0 N–H and O–H groups in total. The van der Waals surface area contributed by atoms with Crippen molar-refractivity contribution in [3.8, 4) is 0 Å². The standard InChI is InChI=1S/C37H52O3/c1-24-15-18-37(32(39)40-23-26-11-9-8-10-12-26)20-19-35(6)28(31(37)25(24)2)13-14-30-34(5)22-27(38)21-33(3,4)29(34)16-17-36(30,35)7/h8-13,24-25,29-31H,14-23H2,1-7H3/t24-,25+,29+,30-,31+,34+,35-,36-,37+/m1/s1. The lowest BCUT2D eigenvalue weighted by molar-refractivity contribution is -0.193. The molecule has 9 atom stereocenters. The maximum absolute atomic E-state index is 14.2. The van der Waals surface area contributed by atoms with Crippen molar-refractivity contribution in [1.29, 1.82) is 0 Å². The zero-order chi connectivity index (χ0) is 28.7. The molecule has 1 aromatic rings. The summed E-state index contributed by atoms with van der Waals surface area (Å²) in [6, 6.07) is 10.1. The van der Waals surface area contributed by atoms with Gasteiger partial charge in [0.2, 0.25) is 0 Å². The van der Waals surface area contributed by atoms with E-state index in [9.17, 15) is 9.59 Å². The van der Waals surface area contributed by atoms with Gasteiger partial charge in [-0.05, 0) is 102 Å². The van der Waals surface area contributed by atoms with Gasteiger partial charge in [-0.25, -0.2) is 0 Å². The lowest BCUT2D eigenvalue weighted by Crippen LogP contribution is -2.65. The fourth-order valence-corrected chi connectivity index (χ4v) is 11.7. The van der Waals surface area contributed by atoms with Gasteiger partial charge in [-0.1, -0.05) is 90.4 Å². The van der Waals surface area contributed by atoms with Crippen LogP contribution in [-0.4, -0.2) is 11.8 Å². The zero-order valence-electron chi connectivity index (χ0n) is 26.1. The van der Waals surface area contributed by atoms with E-state index in [0.29, 0.717) is 36.1 Å². The van der Waals surface area contributed by atoms with Gasteiger partial charge >= 0.3 is 5.97 Å². The second-order valence-electron chi connectivity index (χ2n) is 16.2. The minimum Gasteiger partial charge on any atom is -0.460 e. The van der Waals surface area contributed by atoms with Crippen LogP contribution in [0.2, 0.25) is 0 Å². The Morgan fingerprint density at radius 1 is 0.900 bits per heavy atom. The van der Waals surface area contributed by atoms with Crippen LogP contribution in [-0.2, 0) is 20.9 Å². The molecule has 218 valence electrons. The predicted octanol–water partition coefficient (Wildman–Crippen LogP) is 8.96. The molecule has 0 aliphatic heterocycles. The lowest BCUT2D eigenvalue weighted by Gasteiger charge is -2.70. The van der Waals surface area contributed by atoms with E-state index in [1.54, 1.807) is 5.57 Å². The van der Waals surface area contributed by atoms with Crippen LogP contribution >= 0.6 is 0 Å². The number of esters is 1. The molecule has 0 radical (unpaired) electrons. The molecular formula is C37H52O3. The summed E-state index contributed by atoms with van der Waals surface area (Å²) >= 11 is 0. The summed E-state index contributed by atoms with van der Waals surface area (Å²) in [7, 11) is 0. The fourth-order valence-electron chi connectivity index (χ4n) is 11.7. The van der Waals surface area contributed by atoms with Crippen LogP contribution in [0.4, 0.5) is 0 Å². The Labute approximate surface area is 242 Å². The Morgan fingerprint density at radius 2 is 1.62 bits per heavy atom. The molecule has 5 aliphatic carbocycles. The highest BCUT2D eigenvalue weighted by molar-refractivity contribution is 5.81. The van der Waals surface area contributed by atoms with Crippen molar-refractivity contribution < 1.29 is 14.3 Å². The molecule has 6 rings (SSSR count). The highest BCUT2D eigenvalue weighted by Crippen LogP contribution is 2.75. The van der Waals surface area contributed by atoms with Crippen LogP contribution in [0.15, 0.2) is 42.0 Å². The average Bonchev–Trinajstić information content (AvgIpc) is 2.89. The topological polar surface area (TPSA) is 43.4 Å². The van der Waals surface area contributed by atoms with Gasteiger partial charge in [0.1, 0.15) is 12.4 Å². The van der Waals surface area contributed by atoms with Crippen molar-refractivity contribution in [3.63, 3.8) is 0 Å². The van der Waals surface area contributed by atoms with Crippen LogP contribution in [0.3, 0.4) is 0 Å². The first-order valence-corrected chi connectivity index (χ1v) is 16.2. The van der Waals surface area contributed by atoms with Gasteiger partial charge in [-0.3, -0.25) is 9.59 Å². The second kappa shape index (κ2) is 9.30. The minimum absolute atomic E-state index is 0.0330. The fraction of sp³-hybridized carbons (Fsp3) is 0.730. The summed E-state index contributed by atoms with van der Waals surface area (Å²) in [4.78, 5) is 27.3. The highest BCUT2D eigenvalue weighted by atomic mass is 16.5. The minimum atomic E-state index is -0.418. The van der Waals surface area contributed by atoms with Crippen LogP contribution in [0.5, 0.6) is 0 Å². The highest BCUT2D eigenvalue weighted by Gasteiger charge is 2.69. The molecule has 4 fully saturated rings. The Balaban J connectivity index is 1.38. The van der Waals surface area contributed by atoms with Crippen molar-refractivity contribution in [1.82, 2.24) is 0 Å². The summed E-state index contributed by atoms with van der Waals surface area (Å²) in [6.07, 6.45) is 11.6. The number of rotatable bonds is 3. The maximum Gasteiger partial charge on any atom is 0.313 e. The lowest BCUT2D eigenvalue weighted by atomic mass is 9.33. The molecule has 0 aromatic heterocycles. The molecule has 3 heteroatoms. The summed E-state index contributed by atoms with van der Waals surface area (Å²) in [5.74, 6) is 2.89. The van der Waals surface area contributed by atoms with Gasteiger partial charge in [0.25, 0.3) is 0 Å². The molecular weight excluding hydrogens is 492 g/mol. The van der Waals surface area contributed by atoms with Gasteiger partial charge in [-0.2, -0.15) is 0 Å². The Hall–Kier alpha value is -1.90. The third-order valence-corrected chi connectivity index (χ3v) is 14.0. The summed E-state index contributed by atoms with van der Waals surface area (Å²) in [6.45, 7) is 17.5. The van der Waals surface area contributed by atoms with E-state index in [2.05, 4.69) is 54.5 Å². The maximum atomic E-state index is 14.2. The van der Waals surface area contributed by atoms with Gasteiger partial charge in [0, 0.05) is 12.8 Å². The van der Waals surface area contributed by atoms with Crippen molar-refractivity contribution >= 4 is 11.8 Å². The Kier molecular flexibility index (Phi) is 6.56. The van der Waals surface area contributed by atoms with Crippen LogP contribution in [0.25, 0.3) is 0 Å². The monoisotopic (exact) mass is 544 g/mol. The molecule has 0 bridgehead atoms. The van der Waals surface area contributed by atoms with Crippen LogP contribution in [0, 0.1) is 56.7 Å². The number of hydrogen-bond donors (Lipinski definition) is 0. The van der Waals surface area contributed by atoms with Gasteiger partial charge in [-0.15, -0.1) is 0 Å². The molecule has 4 saturated carbocycles. The van der Waals surface area contributed by atoms with Crippen molar-refractivity contribution in [3.05, 3.63) is 47.5 Å². The van der Waals surface area contributed by atoms with E-state index in [1.807, 2.05) is 30.3 Å². The molecule has 0 heterocycles. The molecule has 0 unspecified atom stereocenters. The summed E-state index contributed by atoms with van der Waals surface area (Å²) in [5, 5.41) is 0. The van der Waals surface area contributed by atoms with Gasteiger partial charge < -0.3 is 4.74 Å². The number of ketones is 1. The molecule has 5 aliphatic rings. The Bertz CT molecular complexity index is 1210. The predicted molar refractivity (Wildman–Crippen MR) is 160 cm³/mol. The van der Waals surface area contributed by atoms with Crippen molar-refractivity contribution in [2.45, 2.75) is 113 Å². The number of ether oxygens (including phenoxy) is 1. The van der Waals surface area contributed by atoms with E-state index in [0.717, 1.165) is 50.5 Å². The number of allylic oxidation sites excluding steroid dienone is 2. The number of fused-ring (bicyclic) bond motifs is 7. The number of hydrogen-bond acceptors (Lipinski definition) is 3. The van der Waals surface area contributed by atoms with Crippen molar-refractivity contribution in [2.24, 2.45) is 56.7 Å². The van der Waals surface area contributed by atoms with E-state index in [4.69, 9.17) is 4.74 Å². The largest absolute Gasteiger partial charge is 0.460 e. The molecule has 40 heavy (non-hydrogen) atoms. The normalized spacial score (nSPS) is 45.7. The second-order valence-corrected chi connectivity index (χ2v) is 16.2. The number of carbonyl (C=O) groups excluding carboxylic acids is 2. The summed E-state index contributed by atoms with van der Waals surface area (Å²) in [5.41, 5.74) is 2.52. The first-order chi connectivity index (χ1) is 18.8. The molecule has 0 saturated heterocycles. The smallest absolute Gasteiger partial charge is 0.313 e. The van der Waals surface area contributed by atoms with Crippen molar-refractivity contribution in [2.75, 3.05) is 0 Å². The molecule has 0 spiro atoms. The van der Waals surface area contributed by atoms with E-state index in [-0.39, 0.29) is 33.5 Å². The average molecular weight is 545 g/mol. The van der Waals surface area contributed by atoms with Gasteiger partial charge in [0.15, 0.2) is 0 Å². The molecule has 0 amide bonds. The first kappa shape index (κ1) is 28.2. The SMILES string of the molecule is C[C@H]1[C@H](C)CC[C@]2(C(=O)OCc3ccccc3)CC[C@]3(C)C(=CC[C@@H]4[C@@]5(C)CC(=O)CC(C)(C)[C@@H]5CC[C@]43C)[C@H]12. The molecule has 3 nitrogen and oxygen atoms in total. The van der Waals surface area contributed by atoms with Crippen LogP contribution < -0.4 is 0 Å². The summed E-state index contributed by atoms with van der Waals surface area (Å²) < 4.78 is 6.17. The van der Waals surface area contributed by atoms with Gasteiger partial charge in [0.05, 0.1) is 5.41 Å². The van der Waals surface area contributed by atoms with E-state index in [1.165, 1.54) is 12.8 Å². The van der Waals surface area contributed by atoms with Crippen LogP contribution in [0.1, 0.15) is 112 Å². The number of Topliss-reactive ketones (excluding diaryl/α,β-unsaturated/α-hetero) is 1. The number of carbonyl (C=O) groups is 2. The Morgan fingerprint density at radius 3 is 2.35 bits per heavy atom. The number of benzene rings is 1. The molecule has 1 aromatic carbocycles. The van der Waals surface area contributed by atoms with E-state index < -0.39 is 5.41 Å². The quantitative estimate of drug-likeness (QED) is 0.282. The first-order valence-electron chi connectivity index (χ1n) is 16.2. The third kappa shape index (κ3) is 3.81. The van der Waals surface area contributed by atoms with E-state index >= 15 is 0 Å². The third-order valence-electron chi connectivity index (χ3n) is 14.0.